The van der Waals surface area contributed by atoms with Gasteiger partial charge in [-0.25, -0.2) is 0 Å². The number of benzene rings is 1. The number of carbonyl (C=O) groups is 3. The molecule has 0 unspecified atom stereocenters. The van der Waals surface area contributed by atoms with Gasteiger partial charge in [0.05, 0.1) is 11.3 Å². The number of hydrogen-bond acceptors (Lipinski definition) is 3. The summed E-state index contributed by atoms with van der Waals surface area (Å²) in [7, 11) is 0. The van der Waals surface area contributed by atoms with Gasteiger partial charge >= 0.3 is 0 Å². The minimum atomic E-state index is -0.545. The Hall–Kier alpha value is -2.17. The number of aryl methyl sites for hydroxylation is 2. The number of hydrogen-bond donors (Lipinski definition) is 1. The zero-order chi connectivity index (χ0) is 15.7. The van der Waals surface area contributed by atoms with E-state index >= 15 is 0 Å². The van der Waals surface area contributed by atoms with E-state index in [9.17, 15) is 14.4 Å². The van der Waals surface area contributed by atoms with Crippen molar-refractivity contribution in [2.75, 3.05) is 11.4 Å². The van der Waals surface area contributed by atoms with Gasteiger partial charge < -0.3 is 10.2 Å². The number of fused-ring (bicyclic) bond motifs is 1. The molecule has 5 heteroatoms. The van der Waals surface area contributed by atoms with Crippen LogP contribution in [0.2, 0.25) is 0 Å². The molecule has 2 amide bonds. The molecule has 1 aliphatic rings. The molecule has 1 N–H and O–H groups in total. The first-order valence-electron chi connectivity index (χ1n) is 7.08. The summed E-state index contributed by atoms with van der Waals surface area (Å²) in [5.41, 5.74) is 2.93. The number of ketones is 1. The van der Waals surface area contributed by atoms with Gasteiger partial charge in [0.25, 0.3) is 11.7 Å². The predicted octanol–water partition coefficient (Wildman–Crippen LogP) is 1.75. The highest BCUT2D eigenvalue weighted by molar-refractivity contribution is 6.52. The van der Waals surface area contributed by atoms with E-state index in [2.05, 4.69) is 5.32 Å². The van der Waals surface area contributed by atoms with Crippen molar-refractivity contribution in [1.82, 2.24) is 5.32 Å². The normalized spacial score (nSPS) is 13.9. The zero-order valence-corrected chi connectivity index (χ0v) is 12.8. The number of nitrogens with zero attached hydrogens (tertiary/aromatic N) is 1. The third-order valence-electron chi connectivity index (χ3n) is 3.41. The fourth-order valence-corrected chi connectivity index (χ4v) is 2.65. The maximum absolute atomic E-state index is 12.1. The molecule has 21 heavy (non-hydrogen) atoms. The van der Waals surface area contributed by atoms with E-state index in [4.69, 9.17) is 0 Å². The molecule has 0 atom stereocenters. The van der Waals surface area contributed by atoms with Crippen molar-refractivity contribution in [3.63, 3.8) is 0 Å². The van der Waals surface area contributed by atoms with Gasteiger partial charge in [-0.1, -0.05) is 6.07 Å². The Bertz CT molecular complexity index is 620. The summed E-state index contributed by atoms with van der Waals surface area (Å²) in [5, 5.41) is 2.78. The van der Waals surface area contributed by atoms with Gasteiger partial charge in [-0.15, -0.1) is 0 Å². The average molecular weight is 288 g/mol. The number of rotatable bonds is 4. The Morgan fingerprint density at radius 1 is 1.24 bits per heavy atom. The fraction of sp³-hybridized carbons (Fsp3) is 0.438. The Kier molecular flexibility index (Phi) is 4.11. The molecular weight excluding hydrogens is 268 g/mol. The van der Waals surface area contributed by atoms with E-state index in [0.29, 0.717) is 11.3 Å². The molecule has 5 nitrogen and oxygen atoms in total. The van der Waals surface area contributed by atoms with Gasteiger partial charge in [-0.05, 0) is 44.9 Å². The zero-order valence-electron chi connectivity index (χ0n) is 12.8. The molecule has 0 saturated carbocycles. The van der Waals surface area contributed by atoms with E-state index < -0.39 is 11.7 Å². The number of amides is 2. The lowest BCUT2D eigenvalue weighted by atomic mass is 10.0. The van der Waals surface area contributed by atoms with Crippen LogP contribution in [-0.4, -0.2) is 30.2 Å². The highest BCUT2D eigenvalue weighted by atomic mass is 16.2. The highest BCUT2D eigenvalue weighted by Crippen LogP contribution is 2.33. The maximum Gasteiger partial charge on any atom is 0.299 e. The molecule has 112 valence electrons. The molecule has 0 fully saturated rings. The topological polar surface area (TPSA) is 66.5 Å². The van der Waals surface area contributed by atoms with E-state index in [0.717, 1.165) is 11.1 Å². The second-order valence-corrected chi connectivity index (χ2v) is 5.74. The summed E-state index contributed by atoms with van der Waals surface area (Å²) in [6.45, 7) is 7.75. The summed E-state index contributed by atoms with van der Waals surface area (Å²) in [4.78, 5) is 37.3. The van der Waals surface area contributed by atoms with Crippen LogP contribution < -0.4 is 10.2 Å². The molecule has 0 radical (unpaired) electrons. The Labute approximate surface area is 124 Å². The predicted molar refractivity (Wildman–Crippen MR) is 80.5 cm³/mol. The van der Waals surface area contributed by atoms with Crippen LogP contribution in [0.1, 0.15) is 41.8 Å². The summed E-state index contributed by atoms with van der Waals surface area (Å²) >= 11 is 0. The maximum atomic E-state index is 12.1. The van der Waals surface area contributed by atoms with Gasteiger partial charge in [0, 0.05) is 19.0 Å². The Morgan fingerprint density at radius 2 is 1.90 bits per heavy atom. The summed E-state index contributed by atoms with van der Waals surface area (Å²) in [6, 6.07) is 3.73. The molecular formula is C16H20N2O3. The SMILES string of the molecule is Cc1cc(C)c2c(c1)C(=O)C(=O)N2CCC(=O)NC(C)C. The largest absolute Gasteiger partial charge is 0.354 e. The lowest BCUT2D eigenvalue weighted by Crippen LogP contribution is -2.36. The van der Waals surface area contributed by atoms with Crippen molar-refractivity contribution in [3.05, 3.63) is 28.8 Å². The number of anilines is 1. The molecule has 0 aromatic heterocycles. The molecule has 1 aliphatic heterocycles. The van der Waals surface area contributed by atoms with E-state index in [-0.39, 0.29) is 24.9 Å². The summed E-state index contributed by atoms with van der Waals surface area (Å²) < 4.78 is 0. The second-order valence-electron chi connectivity index (χ2n) is 5.74. The van der Waals surface area contributed by atoms with Crippen LogP contribution in [0.3, 0.4) is 0 Å². The van der Waals surface area contributed by atoms with Crippen LogP contribution in [0.15, 0.2) is 12.1 Å². The van der Waals surface area contributed by atoms with Crippen molar-refractivity contribution < 1.29 is 14.4 Å². The minimum Gasteiger partial charge on any atom is -0.354 e. The average Bonchev–Trinajstić information content (AvgIpc) is 2.60. The Morgan fingerprint density at radius 3 is 2.52 bits per heavy atom. The van der Waals surface area contributed by atoms with E-state index in [1.165, 1.54) is 4.90 Å². The first kappa shape index (κ1) is 15.2. The first-order chi connectivity index (χ1) is 9.81. The molecule has 0 saturated heterocycles. The van der Waals surface area contributed by atoms with E-state index in [1.807, 2.05) is 33.8 Å². The second kappa shape index (κ2) is 5.68. The molecule has 0 aliphatic carbocycles. The third-order valence-corrected chi connectivity index (χ3v) is 3.41. The van der Waals surface area contributed by atoms with Crippen LogP contribution in [0.4, 0.5) is 5.69 Å². The van der Waals surface area contributed by atoms with Crippen molar-refractivity contribution >= 4 is 23.3 Å². The monoisotopic (exact) mass is 288 g/mol. The quantitative estimate of drug-likeness (QED) is 0.858. The molecule has 1 aromatic carbocycles. The van der Waals surface area contributed by atoms with Gasteiger partial charge in [-0.3, -0.25) is 14.4 Å². The molecule has 0 spiro atoms. The van der Waals surface area contributed by atoms with Crippen molar-refractivity contribution in [3.8, 4) is 0 Å². The third kappa shape index (κ3) is 2.96. The summed E-state index contributed by atoms with van der Waals surface area (Å²) in [6.07, 6.45) is 0.184. The van der Waals surface area contributed by atoms with Crippen LogP contribution in [-0.2, 0) is 9.59 Å². The Balaban J connectivity index is 2.21. The number of carbonyl (C=O) groups excluding carboxylic acids is 3. The molecule has 2 rings (SSSR count). The smallest absolute Gasteiger partial charge is 0.299 e. The number of Topliss-reactive ketones (excluding diaryl/α,β-unsaturated/α-hetero) is 1. The van der Waals surface area contributed by atoms with Crippen molar-refractivity contribution in [1.29, 1.82) is 0 Å². The number of nitrogens with one attached hydrogen (secondary N) is 1. The van der Waals surface area contributed by atoms with Crippen LogP contribution in [0.25, 0.3) is 0 Å². The van der Waals surface area contributed by atoms with Gasteiger partial charge in [0.1, 0.15) is 0 Å². The van der Waals surface area contributed by atoms with E-state index in [1.54, 1.807) is 6.07 Å². The van der Waals surface area contributed by atoms with Gasteiger partial charge in [-0.2, -0.15) is 0 Å². The van der Waals surface area contributed by atoms with Crippen LogP contribution in [0, 0.1) is 13.8 Å². The molecule has 1 heterocycles. The van der Waals surface area contributed by atoms with Crippen molar-refractivity contribution in [2.45, 2.75) is 40.2 Å². The minimum absolute atomic E-state index is 0.0603. The van der Waals surface area contributed by atoms with Crippen LogP contribution >= 0.6 is 0 Å². The first-order valence-corrected chi connectivity index (χ1v) is 7.08. The lowest BCUT2D eigenvalue weighted by Gasteiger charge is -2.19. The van der Waals surface area contributed by atoms with Crippen molar-refractivity contribution in [2.24, 2.45) is 0 Å². The lowest BCUT2D eigenvalue weighted by molar-refractivity contribution is -0.121. The van der Waals surface area contributed by atoms with Gasteiger partial charge in [0.2, 0.25) is 5.91 Å². The van der Waals surface area contributed by atoms with Gasteiger partial charge in [0.15, 0.2) is 0 Å². The molecule has 0 bridgehead atoms. The highest BCUT2D eigenvalue weighted by Gasteiger charge is 2.37. The fourth-order valence-electron chi connectivity index (χ4n) is 2.65. The molecule has 1 aromatic rings. The standard InChI is InChI=1S/C16H20N2O3/c1-9(2)17-13(19)5-6-18-14-11(4)7-10(3)8-12(14)15(20)16(18)21/h7-9H,5-6H2,1-4H3,(H,17,19). The summed E-state index contributed by atoms with van der Waals surface area (Å²) in [5.74, 6) is -1.15. The van der Waals surface area contributed by atoms with Crippen LogP contribution in [0.5, 0.6) is 0 Å².